The van der Waals surface area contributed by atoms with E-state index in [0.29, 0.717) is 29.6 Å². The lowest BCUT2D eigenvalue weighted by Crippen LogP contribution is -2.32. The molecule has 0 spiro atoms. The van der Waals surface area contributed by atoms with E-state index in [4.69, 9.17) is 4.52 Å². The molecule has 0 aliphatic heterocycles. The van der Waals surface area contributed by atoms with Gasteiger partial charge in [0.05, 0.1) is 12.0 Å². The Labute approximate surface area is 228 Å². The fourth-order valence-electron chi connectivity index (χ4n) is 4.29. The van der Waals surface area contributed by atoms with Crippen molar-refractivity contribution in [3.05, 3.63) is 90.0 Å². The summed E-state index contributed by atoms with van der Waals surface area (Å²) in [5.41, 5.74) is 4.25. The highest BCUT2D eigenvalue weighted by molar-refractivity contribution is 5.94. The van der Waals surface area contributed by atoms with Crippen LogP contribution < -0.4 is 10.6 Å². The number of hydrogen-bond acceptors (Lipinski definition) is 6. The molecule has 1 aromatic heterocycles. The van der Waals surface area contributed by atoms with Crippen LogP contribution in [0.15, 0.2) is 83.4 Å². The molecule has 2 unspecified atom stereocenters. The van der Waals surface area contributed by atoms with E-state index in [1.54, 1.807) is 19.1 Å². The molecule has 0 saturated carbocycles. The molecule has 0 aliphatic carbocycles. The summed E-state index contributed by atoms with van der Waals surface area (Å²) in [6.45, 7) is 6.26. The fourth-order valence-corrected chi connectivity index (χ4v) is 4.29. The molecule has 39 heavy (non-hydrogen) atoms. The normalized spacial score (nSPS) is 13.3. The first-order valence-electron chi connectivity index (χ1n) is 13.3. The van der Waals surface area contributed by atoms with E-state index in [1.807, 2.05) is 54.6 Å². The highest BCUT2D eigenvalue weighted by Crippen LogP contribution is 2.31. The molecule has 3 N–H and O–H groups in total. The number of carbonyl (C=O) groups excluding carboxylic acids is 1. The lowest BCUT2D eigenvalue weighted by Gasteiger charge is -2.26. The fraction of sp³-hybridized carbons (Fsp3) is 0.290. The lowest BCUT2D eigenvalue weighted by atomic mass is 9.91. The van der Waals surface area contributed by atoms with Gasteiger partial charge >= 0.3 is 5.97 Å². The predicted molar refractivity (Wildman–Crippen MR) is 151 cm³/mol. The summed E-state index contributed by atoms with van der Waals surface area (Å²) in [6.07, 6.45) is 1.44. The van der Waals surface area contributed by atoms with Crippen LogP contribution >= 0.6 is 0 Å². The van der Waals surface area contributed by atoms with Crippen LogP contribution in [0.1, 0.15) is 55.6 Å². The van der Waals surface area contributed by atoms with Gasteiger partial charge in [-0.2, -0.15) is 4.98 Å². The quantitative estimate of drug-likeness (QED) is 0.194. The van der Waals surface area contributed by atoms with E-state index in [1.165, 1.54) is 0 Å². The molecule has 202 valence electrons. The van der Waals surface area contributed by atoms with Crippen molar-refractivity contribution < 1.29 is 19.2 Å². The van der Waals surface area contributed by atoms with Gasteiger partial charge in [-0.3, -0.25) is 9.59 Å². The summed E-state index contributed by atoms with van der Waals surface area (Å²) in [7, 11) is 0. The van der Waals surface area contributed by atoms with Crippen LogP contribution in [0.5, 0.6) is 0 Å². The van der Waals surface area contributed by atoms with Crippen LogP contribution in [0.4, 0.5) is 5.69 Å². The molecule has 4 rings (SSSR count). The minimum absolute atomic E-state index is 0.0507. The Kier molecular flexibility index (Phi) is 9.10. The van der Waals surface area contributed by atoms with Gasteiger partial charge in [-0.05, 0) is 54.3 Å². The number of carboxylic acids is 1. The van der Waals surface area contributed by atoms with Crippen molar-refractivity contribution in [2.75, 3.05) is 11.9 Å². The van der Waals surface area contributed by atoms with E-state index < -0.39 is 11.9 Å². The first kappa shape index (κ1) is 27.6. The van der Waals surface area contributed by atoms with Crippen molar-refractivity contribution >= 4 is 17.6 Å². The van der Waals surface area contributed by atoms with Crippen molar-refractivity contribution in [1.29, 1.82) is 0 Å². The van der Waals surface area contributed by atoms with Crippen LogP contribution in [0, 0.1) is 11.8 Å². The summed E-state index contributed by atoms with van der Waals surface area (Å²) in [5, 5.41) is 19.7. The van der Waals surface area contributed by atoms with Crippen molar-refractivity contribution in [3.63, 3.8) is 0 Å². The average molecular weight is 527 g/mol. The van der Waals surface area contributed by atoms with Crippen LogP contribution in [0.3, 0.4) is 0 Å². The number of hydrogen-bond donors (Lipinski definition) is 3. The maximum atomic E-state index is 12.5. The zero-order valence-electron chi connectivity index (χ0n) is 22.4. The molecule has 1 amide bonds. The van der Waals surface area contributed by atoms with E-state index in [0.717, 1.165) is 28.8 Å². The number of nitrogens with zero attached hydrogens (tertiary/aromatic N) is 2. The van der Waals surface area contributed by atoms with E-state index >= 15 is 0 Å². The Morgan fingerprint density at radius 3 is 2.21 bits per heavy atom. The second-order valence-electron chi connectivity index (χ2n) is 9.65. The molecular formula is C31H34N4O4. The first-order valence-corrected chi connectivity index (χ1v) is 13.3. The van der Waals surface area contributed by atoms with Gasteiger partial charge in [-0.1, -0.05) is 74.8 Å². The Bertz CT molecular complexity index is 1370. The summed E-state index contributed by atoms with van der Waals surface area (Å²) < 4.78 is 5.46. The Balaban J connectivity index is 1.44. The second-order valence-corrected chi connectivity index (χ2v) is 9.65. The molecule has 0 aliphatic rings. The lowest BCUT2D eigenvalue weighted by molar-refractivity contribution is -0.141. The smallest absolute Gasteiger partial charge is 0.308 e. The maximum Gasteiger partial charge on any atom is 0.308 e. The Morgan fingerprint density at radius 1 is 0.897 bits per heavy atom. The van der Waals surface area contributed by atoms with E-state index in [2.05, 4.69) is 46.8 Å². The SMILES string of the molecule is CCC(CNC(=O)c1ccc(N[C@@H](c2ccc(-c3noc(-c4ccccc4)n3)cc2)C(C)CC)cc1)C(=O)O. The number of nitrogens with one attached hydrogen (secondary N) is 2. The molecule has 3 atom stereocenters. The number of carbonyl (C=O) groups is 2. The molecule has 0 bridgehead atoms. The van der Waals surface area contributed by atoms with Gasteiger partial charge in [-0.25, -0.2) is 0 Å². The monoisotopic (exact) mass is 526 g/mol. The number of aromatic nitrogens is 2. The molecule has 0 fully saturated rings. The maximum absolute atomic E-state index is 12.5. The van der Waals surface area contributed by atoms with Gasteiger partial charge in [-0.15, -0.1) is 0 Å². The number of carboxylic acid groups (broad SMARTS) is 1. The van der Waals surface area contributed by atoms with Crippen LogP contribution in [-0.2, 0) is 4.79 Å². The standard InChI is InChI=1S/C31H34N4O4/c1-4-20(3)27(33-26-17-15-24(16-18-26)29(36)32-19-21(5-2)31(37)38)22-11-13-23(14-12-22)28-34-30(39-35-28)25-9-7-6-8-10-25/h6-18,20-21,27,33H,4-5,19H2,1-3H3,(H,32,36)(H,37,38)/t20?,21?,27-/m1/s1. The molecular weight excluding hydrogens is 492 g/mol. The van der Waals surface area contributed by atoms with Gasteiger partial charge < -0.3 is 20.3 Å². The number of anilines is 1. The van der Waals surface area contributed by atoms with Crippen molar-refractivity contribution in [3.8, 4) is 22.8 Å². The van der Waals surface area contributed by atoms with Gasteiger partial charge in [0.15, 0.2) is 0 Å². The molecule has 0 saturated heterocycles. The highest BCUT2D eigenvalue weighted by atomic mass is 16.5. The van der Waals surface area contributed by atoms with Crippen molar-refractivity contribution in [2.45, 2.75) is 39.7 Å². The molecule has 1 heterocycles. The zero-order chi connectivity index (χ0) is 27.8. The Hall–Kier alpha value is -4.46. The van der Waals surface area contributed by atoms with E-state index in [-0.39, 0.29) is 18.5 Å². The molecule has 8 nitrogen and oxygen atoms in total. The third-order valence-corrected chi connectivity index (χ3v) is 7.01. The Morgan fingerprint density at radius 2 is 1.59 bits per heavy atom. The van der Waals surface area contributed by atoms with Gasteiger partial charge in [0.25, 0.3) is 11.8 Å². The van der Waals surface area contributed by atoms with Gasteiger partial charge in [0.1, 0.15) is 0 Å². The van der Waals surface area contributed by atoms with Crippen molar-refractivity contribution in [2.24, 2.45) is 11.8 Å². The number of amides is 1. The summed E-state index contributed by atoms with van der Waals surface area (Å²) >= 11 is 0. The second kappa shape index (κ2) is 12.9. The van der Waals surface area contributed by atoms with E-state index in [9.17, 15) is 14.7 Å². The summed E-state index contributed by atoms with van der Waals surface area (Å²) in [5.74, 6) is -0.420. The third kappa shape index (κ3) is 6.90. The van der Waals surface area contributed by atoms with Crippen LogP contribution in [0.2, 0.25) is 0 Å². The number of benzene rings is 3. The summed E-state index contributed by atoms with van der Waals surface area (Å²) in [6, 6.07) is 25.1. The molecule has 8 heteroatoms. The van der Waals surface area contributed by atoms with Gasteiger partial charge in [0.2, 0.25) is 5.82 Å². The zero-order valence-corrected chi connectivity index (χ0v) is 22.4. The predicted octanol–water partition coefficient (Wildman–Crippen LogP) is 6.44. The largest absolute Gasteiger partial charge is 0.481 e. The molecule has 0 radical (unpaired) electrons. The topological polar surface area (TPSA) is 117 Å². The average Bonchev–Trinajstić information content (AvgIpc) is 3.47. The number of rotatable bonds is 12. The third-order valence-electron chi connectivity index (χ3n) is 7.01. The molecule has 4 aromatic rings. The van der Waals surface area contributed by atoms with Crippen molar-refractivity contribution in [1.82, 2.24) is 15.5 Å². The minimum atomic E-state index is -0.907. The van der Waals surface area contributed by atoms with Gasteiger partial charge in [0, 0.05) is 28.9 Å². The first-order chi connectivity index (χ1) is 18.9. The number of aliphatic carboxylic acids is 1. The summed E-state index contributed by atoms with van der Waals surface area (Å²) in [4.78, 5) is 28.2. The minimum Gasteiger partial charge on any atom is -0.481 e. The molecule has 3 aromatic carbocycles. The highest BCUT2D eigenvalue weighted by Gasteiger charge is 2.20. The van der Waals surface area contributed by atoms with Crippen LogP contribution in [0.25, 0.3) is 22.8 Å². The van der Waals surface area contributed by atoms with Crippen LogP contribution in [-0.4, -0.2) is 33.7 Å².